The van der Waals surface area contributed by atoms with Gasteiger partial charge in [0.05, 0.1) is 52.9 Å². The van der Waals surface area contributed by atoms with Gasteiger partial charge in [0.2, 0.25) is 5.91 Å². The number of carbonyl (C=O) groups is 2. The minimum atomic E-state index is -0.767. The lowest BCUT2D eigenvalue weighted by Gasteiger charge is -2.32. The molecule has 2 saturated heterocycles. The molecule has 0 bridgehead atoms. The molecule has 1 amide bonds. The number of likely N-dealkylation sites (tertiary alicyclic amines) is 1. The van der Waals surface area contributed by atoms with Gasteiger partial charge in [-0.25, -0.2) is 0 Å². The maximum absolute atomic E-state index is 13.8. The van der Waals surface area contributed by atoms with E-state index in [9.17, 15) is 14.7 Å². The topological polar surface area (TPSA) is 79.3 Å². The molecule has 3 aliphatic rings. The highest BCUT2D eigenvalue weighted by molar-refractivity contribution is 5.79. The zero-order valence-electron chi connectivity index (χ0n) is 25.3. The highest BCUT2D eigenvalue weighted by Gasteiger charge is 2.47. The zero-order chi connectivity index (χ0) is 28.7. The summed E-state index contributed by atoms with van der Waals surface area (Å²) in [6.07, 6.45) is 8.90. The van der Waals surface area contributed by atoms with Gasteiger partial charge in [-0.2, -0.15) is 0 Å². The number of ether oxygens (including phenoxy) is 2. The molecular formula is C32H52N3O5+. The van der Waals surface area contributed by atoms with Gasteiger partial charge in [-0.3, -0.25) is 14.5 Å². The molecular weight excluding hydrogens is 506 g/mol. The summed E-state index contributed by atoms with van der Waals surface area (Å²) in [4.78, 5) is 30.8. The molecule has 0 aromatic heterocycles. The Kier molecular flexibility index (Phi) is 10.9. The molecule has 1 N–H and O–H groups in total. The Labute approximate surface area is 241 Å². The van der Waals surface area contributed by atoms with Gasteiger partial charge < -0.3 is 24.0 Å². The van der Waals surface area contributed by atoms with Gasteiger partial charge in [-0.1, -0.05) is 25.5 Å². The first-order valence-corrected chi connectivity index (χ1v) is 15.6. The first-order chi connectivity index (χ1) is 19.2. The fourth-order valence-electron chi connectivity index (χ4n) is 6.74. The summed E-state index contributed by atoms with van der Waals surface area (Å²) in [6, 6.07) is 5.99. The largest absolute Gasteiger partial charge is 0.493 e. The minimum Gasteiger partial charge on any atom is -0.493 e. The molecule has 3 heterocycles. The second-order valence-electron chi connectivity index (χ2n) is 13.1. The number of carbonyl (C=O) groups excluding carboxylic acids is 1. The molecule has 8 nitrogen and oxygen atoms in total. The quantitative estimate of drug-likeness (QED) is 0.346. The number of amides is 1. The average molecular weight is 559 g/mol. The summed E-state index contributed by atoms with van der Waals surface area (Å²) in [6.45, 7) is 7.00. The van der Waals surface area contributed by atoms with E-state index in [1.807, 2.05) is 17.0 Å². The Bertz CT molecular complexity index is 987. The number of carboxylic acid groups (broad SMARTS) is 1. The van der Waals surface area contributed by atoms with E-state index in [0.29, 0.717) is 13.2 Å². The van der Waals surface area contributed by atoms with Crippen molar-refractivity contribution in [3.63, 3.8) is 0 Å². The van der Waals surface area contributed by atoms with Gasteiger partial charge in [0.15, 0.2) is 0 Å². The Balaban J connectivity index is 1.53. The molecule has 2 unspecified atom stereocenters. The molecule has 0 aliphatic carbocycles. The van der Waals surface area contributed by atoms with Crippen LogP contribution in [0.3, 0.4) is 0 Å². The third-order valence-electron chi connectivity index (χ3n) is 8.96. The van der Waals surface area contributed by atoms with E-state index < -0.39 is 11.9 Å². The lowest BCUT2D eigenvalue weighted by atomic mass is 9.82. The minimum absolute atomic E-state index is 0.126. The van der Waals surface area contributed by atoms with Crippen LogP contribution in [-0.2, 0) is 20.7 Å². The van der Waals surface area contributed by atoms with Crippen LogP contribution in [0.2, 0.25) is 0 Å². The SMILES string of the molecule is CCCCN(CCC[N+](C)(C)C)C(=O)CN1C[C@H](c2ccc3c(c2)CCO3)C(C(=O)O)[C@@H]1CCC1CCCCO1. The predicted octanol–water partition coefficient (Wildman–Crippen LogP) is 4.16. The first-order valence-electron chi connectivity index (χ1n) is 15.6. The number of benzene rings is 1. The second kappa shape index (κ2) is 14.1. The maximum Gasteiger partial charge on any atom is 0.308 e. The normalized spacial score (nSPS) is 25.0. The van der Waals surface area contributed by atoms with Gasteiger partial charge in [0.25, 0.3) is 0 Å². The van der Waals surface area contributed by atoms with Gasteiger partial charge >= 0.3 is 5.97 Å². The summed E-state index contributed by atoms with van der Waals surface area (Å²) >= 11 is 0. The highest BCUT2D eigenvalue weighted by Crippen LogP contribution is 2.41. The number of hydrogen-bond acceptors (Lipinski definition) is 5. The summed E-state index contributed by atoms with van der Waals surface area (Å²) in [7, 11) is 6.54. The van der Waals surface area contributed by atoms with Crippen molar-refractivity contribution in [2.75, 3.05) is 67.1 Å². The Morgan fingerprint density at radius 3 is 2.60 bits per heavy atom. The van der Waals surface area contributed by atoms with Crippen molar-refractivity contribution in [2.24, 2.45) is 5.92 Å². The Hall–Kier alpha value is -2.16. The molecule has 4 atom stereocenters. The molecule has 224 valence electrons. The number of rotatable bonds is 14. The molecule has 0 spiro atoms. The Morgan fingerprint density at radius 2 is 1.90 bits per heavy atom. The van der Waals surface area contributed by atoms with E-state index in [4.69, 9.17) is 9.47 Å². The number of nitrogens with zero attached hydrogens (tertiary/aromatic N) is 3. The summed E-state index contributed by atoms with van der Waals surface area (Å²) in [5.74, 6) is -0.445. The molecule has 4 rings (SSSR count). The fourth-order valence-corrected chi connectivity index (χ4v) is 6.74. The molecule has 2 fully saturated rings. The number of quaternary nitrogens is 1. The van der Waals surface area contributed by atoms with E-state index in [0.717, 1.165) is 99.0 Å². The third-order valence-corrected chi connectivity index (χ3v) is 8.96. The molecule has 0 saturated carbocycles. The standard InChI is InChI=1S/C32H51N3O5/c1-5-6-16-33(17-9-18-35(2,3)4)30(36)23-34-22-27(24-11-14-29-25(21-24)15-20-40-29)31(32(37)38)28(34)13-12-26-10-7-8-19-39-26/h11,14,21,26-28,31H,5-10,12-13,15-20,22-23H2,1-4H3/p+1/t26?,27-,28+,31?/m1/s1. The number of unbranched alkanes of at least 4 members (excludes halogenated alkanes) is 1. The number of fused-ring (bicyclic) bond motifs is 1. The van der Waals surface area contributed by atoms with Crippen LogP contribution < -0.4 is 4.74 Å². The predicted molar refractivity (Wildman–Crippen MR) is 157 cm³/mol. The van der Waals surface area contributed by atoms with E-state index in [1.54, 1.807) is 0 Å². The monoisotopic (exact) mass is 558 g/mol. The van der Waals surface area contributed by atoms with Crippen molar-refractivity contribution in [3.8, 4) is 5.75 Å². The van der Waals surface area contributed by atoms with Crippen LogP contribution in [0.15, 0.2) is 18.2 Å². The van der Waals surface area contributed by atoms with E-state index in [2.05, 4.69) is 39.0 Å². The highest BCUT2D eigenvalue weighted by atomic mass is 16.5. The van der Waals surface area contributed by atoms with E-state index in [-0.39, 0.29) is 30.5 Å². The van der Waals surface area contributed by atoms with Crippen LogP contribution in [0.5, 0.6) is 5.75 Å². The van der Waals surface area contributed by atoms with Gasteiger partial charge in [0.1, 0.15) is 5.75 Å². The van der Waals surface area contributed by atoms with Crippen LogP contribution in [0.4, 0.5) is 0 Å². The molecule has 1 aromatic carbocycles. The van der Waals surface area contributed by atoms with Crippen molar-refractivity contribution in [1.82, 2.24) is 9.80 Å². The average Bonchev–Trinajstić information content (AvgIpc) is 3.53. The number of aliphatic carboxylic acids is 1. The van der Waals surface area contributed by atoms with E-state index in [1.165, 1.54) is 6.42 Å². The third kappa shape index (κ3) is 8.20. The van der Waals surface area contributed by atoms with Gasteiger partial charge in [0, 0.05) is 51.0 Å². The van der Waals surface area contributed by atoms with Crippen LogP contribution in [0, 0.1) is 5.92 Å². The fraction of sp³-hybridized carbons (Fsp3) is 0.750. The van der Waals surface area contributed by atoms with Crippen LogP contribution >= 0.6 is 0 Å². The molecule has 0 radical (unpaired) electrons. The lowest BCUT2D eigenvalue weighted by molar-refractivity contribution is -0.870. The smallest absolute Gasteiger partial charge is 0.308 e. The summed E-state index contributed by atoms with van der Waals surface area (Å²) in [5.41, 5.74) is 2.21. The molecule has 40 heavy (non-hydrogen) atoms. The Morgan fingerprint density at radius 1 is 1.10 bits per heavy atom. The van der Waals surface area contributed by atoms with Gasteiger partial charge in [-0.15, -0.1) is 0 Å². The number of hydrogen-bond donors (Lipinski definition) is 1. The zero-order valence-corrected chi connectivity index (χ0v) is 25.3. The van der Waals surface area contributed by atoms with Crippen molar-refractivity contribution >= 4 is 11.9 Å². The second-order valence-corrected chi connectivity index (χ2v) is 13.1. The summed E-state index contributed by atoms with van der Waals surface area (Å²) in [5, 5.41) is 10.5. The molecule has 3 aliphatic heterocycles. The van der Waals surface area contributed by atoms with Crippen molar-refractivity contribution in [3.05, 3.63) is 29.3 Å². The lowest BCUT2D eigenvalue weighted by Crippen LogP contribution is -2.45. The first kappa shape index (κ1) is 30.8. The van der Waals surface area contributed by atoms with Crippen molar-refractivity contribution in [1.29, 1.82) is 0 Å². The van der Waals surface area contributed by atoms with Crippen molar-refractivity contribution < 1.29 is 28.7 Å². The van der Waals surface area contributed by atoms with Crippen LogP contribution in [0.25, 0.3) is 0 Å². The van der Waals surface area contributed by atoms with E-state index >= 15 is 0 Å². The van der Waals surface area contributed by atoms with Crippen molar-refractivity contribution in [2.45, 2.75) is 82.8 Å². The molecule has 1 aromatic rings. The van der Waals surface area contributed by atoms with Crippen LogP contribution in [-0.4, -0.2) is 110 Å². The van der Waals surface area contributed by atoms with Gasteiger partial charge in [-0.05, 0) is 55.7 Å². The molecule has 8 heteroatoms. The van der Waals surface area contributed by atoms with Crippen LogP contribution in [0.1, 0.15) is 75.3 Å². The maximum atomic E-state index is 13.8. The summed E-state index contributed by atoms with van der Waals surface area (Å²) < 4.78 is 12.6. The number of carboxylic acids is 1.